The lowest BCUT2D eigenvalue weighted by Gasteiger charge is -2.33. The van der Waals surface area contributed by atoms with E-state index in [4.69, 9.17) is 4.74 Å². The van der Waals surface area contributed by atoms with Gasteiger partial charge in [0, 0.05) is 6.54 Å². The van der Waals surface area contributed by atoms with E-state index in [9.17, 15) is 19.6 Å². The summed E-state index contributed by atoms with van der Waals surface area (Å²) in [6.45, 7) is 11.1. The molecule has 0 aromatic heterocycles. The number of alkyl carbamates (subject to hydrolysis) is 1. The molecule has 9 heteroatoms. The summed E-state index contributed by atoms with van der Waals surface area (Å²) >= 11 is 1.52. The van der Waals surface area contributed by atoms with E-state index in [1.807, 2.05) is 25.3 Å². The van der Waals surface area contributed by atoms with Crippen LogP contribution in [0.15, 0.2) is 30.8 Å². The normalized spacial score (nSPS) is 12.6. The quantitative estimate of drug-likeness (QED) is 0.308. The number of unbranched alkanes of at least 4 members (excludes halogenated alkanes) is 1. The minimum absolute atomic E-state index is 0.318. The van der Waals surface area contributed by atoms with Gasteiger partial charge in [-0.3, -0.25) is 9.59 Å². The molecule has 1 rings (SSSR count). The molecule has 1 aromatic carbocycles. The Balaban J connectivity index is 3.41. The molecule has 0 aliphatic rings. The number of rotatable bonds is 13. The van der Waals surface area contributed by atoms with Gasteiger partial charge in [-0.2, -0.15) is 17.0 Å². The minimum atomic E-state index is -1.05. The Bertz CT molecular complexity index is 907. The summed E-state index contributed by atoms with van der Waals surface area (Å²) in [5, 5.41) is 15.1. The first-order chi connectivity index (χ1) is 16.6. The Morgan fingerprint density at radius 3 is 2.60 bits per heavy atom. The second-order valence-corrected chi connectivity index (χ2v) is 10.0. The Kier molecular flexibility index (Phi) is 13.0. The first-order valence-corrected chi connectivity index (χ1v) is 13.1. The number of nitrogens with one attached hydrogen (secondary N) is 2. The van der Waals surface area contributed by atoms with Crippen LogP contribution in [0.2, 0.25) is 0 Å². The highest BCUT2D eigenvalue weighted by Crippen LogP contribution is 2.24. The number of hydrogen-bond donors (Lipinski definition) is 2. The fraction of sp³-hybridized carbons (Fsp3) is 0.538. The van der Waals surface area contributed by atoms with Gasteiger partial charge in [-0.25, -0.2) is 4.79 Å². The number of nitriles is 1. The molecule has 0 bridgehead atoms. The molecule has 0 saturated heterocycles. The molecule has 192 valence electrons. The molecule has 35 heavy (non-hydrogen) atoms. The van der Waals surface area contributed by atoms with Gasteiger partial charge in [-0.1, -0.05) is 44.2 Å². The van der Waals surface area contributed by atoms with Gasteiger partial charge in [-0.15, -0.1) is 0 Å². The number of amides is 3. The van der Waals surface area contributed by atoms with Crippen molar-refractivity contribution in [3.63, 3.8) is 0 Å². The topological polar surface area (TPSA) is 112 Å². The van der Waals surface area contributed by atoms with Crippen LogP contribution in [0.3, 0.4) is 0 Å². The monoisotopic (exact) mass is 502 g/mol. The van der Waals surface area contributed by atoms with E-state index in [0.29, 0.717) is 24.3 Å². The van der Waals surface area contributed by atoms with Crippen molar-refractivity contribution < 1.29 is 19.1 Å². The van der Waals surface area contributed by atoms with Crippen molar-refractivity contribution in [3.05, 3.63) is 42.0 Å². The number of thioether (sulfide) groups is 1. The Labute approximate surface area is 213 Å². The molecule has 2 atom stereocenters. The number of nitrogens with zero attached hydrogens (tertiary/aromatic N) is 2. The van der Waals surface area contributed by atoms with Gasteiger partial charge in [-0.05, 0) is 62.8 Å². The van der Waals surface area contributed by atoms with Crippen molar-refractivity contribution in [1.29, 1.82) is 5.26 Å². The number of benzene rings is 1. The molecule has 2 N–H and O–H groups in total. The number of carbonyl (C=O) groups excluding carboxylic acids is 3. The van der Waals surface area contributed by atoms with Crippen molar-refractivity contribution in [3.8, 4) is 6.07 Å². The third-order valence-corrected chi connectivity index (χ3v) is 5.62. The molecule has 0 fully saturated rings. The minimum Gasteiger partial charge on any atom is -0.444 e. The molecule has 1 aromatic rings. The zero-order chi connectivity index (χ0) is 26.4. The van der Waals surface area contributed by atoms with Gasteiger partial charge >= 0.3 is 6.09 Å². The molecule has 0 spiro atoms. The Morgan fingerprint density at radius 1 is 1.31 bits per heavy atom. The van der Waals surface area contributed by atoms with Gasteiger partial charge in [0.2, 0.25) is 11.8 Å². The van der Waals surface area contributed by atoms with Gasteiger partial charge in [0.15, 0.2) is 0 Å². The van der Waals surface area contributed by atoms with E-state index in [0.717, 1.165) is 18.4 Å². The zero-order valence-electron chi connectivity index (χ0n) is 21.4. The van der Waals surface area contributed by atoms with Crippen LogP contribution in [0.5, 0.6) is 0 Å². The van der Waals surface area contributed by atoms with Crippen LogP contribution in [0, 0.1) is 11.3 Å². The SMILES string of the molecule is C=Cc1cccc(C(C(=O)NCCCC)N(CC#N)C(=O)C(CCSC)NC(=O)OC(C)(C)C)c1. The fourth-order valence-corrected chi connectivity index (χ4v) is 3.80. The van der Waals surface area contributed by atoms with E-state index in [-0.39, 0.29) is 12.5 Å². The second kappa shape index (κ2) is 15.1. The van der Waals surface area contributed by atoms with Crippen LogP contribution in [-0.2, 0) is 14.3 Å². The van der Waals surface area contributed by atoms with Crippen LogP contribution >= 0.6 is 11.8 Å². The summed E-state index contributed by atoms with van der Waals surface area (Å²) in [6, 6.07) is 7.13. The predicted octanol–water partition coefficient (Wildman–Crippen LogP) is 4.29. The smallest absolute Gasteiger partial charge is 0.408 e. The number of carbonyl (C=O) groups is 3. The van der Waals surface area contributed by atoms with Gasteiger partial charge in [0.05, 0.1) is 6.07 Å². The van der Waals surface area contributed by atoms with E-state index in [1.165, 1.54) is 16.7 Å². The summed E-state index contributed by atoms with van der Waals surface area (Å²) < 4.78 is 5.34. The predicted molar refractivity (Wildman–Crippen MR) is 141 cm³/mol. The van der Waals surface area contributed by atoms with Gasteiger partial charge in [0.25, 0.3) is 0 Å². The van der Waals surface area contributed by atoms with Crippen molar-refractivity contribution in [2.75, 3.05) is 25.1 Å². The molecular formula is C26H38N4O4S. The standard InChI is InChI=1S/C26H38N4O4S/c1-7-9-15-28-23(31)22(20-12-10-11-19(8-2)18-20)30(16-14-27)24(32)21(13-17-35-6)29-25(33)34-26(3,4)5/h8,10-12,18,21-22H,2,7,9,13,15-17H2,1,3-6H3,(H,28,31)(H,29,33). The molecule has 3 amide bonds. The maximum atomic E-state index is 13.7. The van der Waals surface area contributed by atoms with Crippen LogP contribution in [0.4, 0.5) is 4.79 Å². The maximum absolute atomic E-state index is 13.7. The van der Waals surface area contributed by atoms with E-state index < -0.39 is 29.7 Å². The fourth-order valence-electron chi connectivity index (χ4n) is 3.33. The van der Waals surface area contributed by atoms with Crippen molar-refractivity contribution in [2.45, 2.75) is 64.6 Å². The van der Waals surface area contributed by atoms with Crippen LogP contribution < -0.4 is 10.6 Å². The number of hydrogen-bond acceptors (Lipinski definition) is 6. The summed E-state index contributed by atoms with van der Waals surface area (Å²) in [5.41, 5.74) is 0.598. The highest BCUT2D eigenvalue weighted by atomic mass is 32.2. The second-order valence-electron chi connectivity index (χ2n) is 9.03. The lowest BCUT2D eigenvalue weighted by atomic mass is 10.00. The van der Waals surface area contributed by atoms with Crippen molar-refractivity contribution in [2.24, 2.45) is 0 Å². The molecule has 8 nitrogen and oxygen atoms in total. The first-order valence-electron chi connectivity index (χ1n) is 11.7. The molecule has 0 heterocycles. The lowest BCUT2D eigenvalue weighted by molar-refractivity contribution is -0.141. The largest absolute Gasteiger partial charge is 0.444 e. The van der Waals surface area contributed by atoms with Crippen molar-refractivity contribution >= 4 is 35.7 Å². The van der Waals surface area contributed by atoms with Crippen LogP contribution in [-0.4, -0.2) is 59.5 Å². The lowest BCUT2D eigenvalue weighted by Crippen LogP contribution is -2.53. The zero-order valence-corrected chi connectivity index (χ0v) is 22.2. The molecule has 2 unspecified atom stereocenters. The average molecular weight is 503 g/mol. The van der Waals surface area contributed by atoms with E-state index in [2.05, 4.69) is 17.2 Å². The highest BCUT2D eigenvalue weighted by molar-refractivity contribution is 7.98. The van der Waals surface area contributed by atoms with Gasteiger partial charge in [0.1, 0.15) is 24.2 Å². The molecule has 0 radical (unpaired) electrons. The third-order valence-electron chi connectivity index (χ3n) is 4.98. The van der Waals surface area contributed by atoms with Crippen LogP contribution in [0.1, 0.15) is 64.1 Å². The molecular weight excluding hydrogens is 464 g/mol. The summed E-state index contributed by atoms with van der Waals surface area (Å²) in [5.74, 6) is -0.318. The van der Waals surface area contributed by atoms with Crippen LogP contribution in [0.25, 0.3) is 6.08 Å². The van der Waals surface area contributed by atoms with Gasteiger partial charge < -0.3 is 20.3 Å². The van der Waals surface area contributed by atoms with E-state index in [1.54, 1.807) is 45.0 Å². The summed E-state index contributed by atoms with van der Waals surface area (Å²) in [4.78, 5) is 40.8. The first kappa shape index (κ1) is 30.0. The Morgan fingerprint density at radius 2 is 2.03 bits per heavy atom. The summed E-state index contributed by atoms with van der Waals surface area (Å²) in [6.07, 6.45) is 4.82. The molecule has 0 aliphatic carbocycles. The Hall–Kier alpha value is -2.99. The third kappa shape index (κ3) is 10.4. The number of ether oxygens (including phenoxy) is 1. The highest BCUT2D eigenvalue weighted by Gasteiger charge is 2.36. The summed E-state index contributed by atoms with van der Waals surface area (Å²) in [7, 11) is 0. The van der Waals surface area contributed by atoms with E-state index >= 15 is 0 Å². The maximum Gasteiger partial charge on any atom is 0.408 e. The average Bonchev–Trinajstić information content (AvgIpc) is 2.80. The molecule has 0 saturated carbocycles. The molecule has 0 aliphatic heterocycles. The van der Waals surface area contributed by atoms with Crippen molar-refractivity contribution in [1.82, 2.24) is 15.5 Å².